The van der Waals surface area contributed by atoms with Gasteiger partial charge in [0.1, 0.15) is 11.8 Å². The van der Waals surface area contributed by atoms with E-state index in [0.29, 0.717) is 5.56 Å². The summed E-state index contributed by atoms with van der Waals surface area (Å²) in [5.41, 5.74) is 0.301. The van der Waals surface area contributed by atoms with Crippen LogP contribution in [0.25, 0.3) is 0 Å². The molecule has 0 bridgehead atoms. The lowest BCUT2D eigenvalue weighted by Gasteiger charge is -2.15. The molecule has 0 heterocycles. The quantitative estimate of drug-likeness (QED) is 0.838. The molecule has 0 saturated heterocycles. The van der Waals surface area contributed by atoms with Crippen molar-refractivity contribution in [1.29, 1.82) is 0 Å². The molecule has 0 aliphatic carbocycles. The zero-order valence-corrected chi connectivity index (χ0v) is 10.5. The molecule has 0 saturated carbocycles. The third-order valence-electron chi connectivity index (χ3n) is 2.35. The minimum Gasteiger partial charge on any atom is -0.468 e. The van der Waals surface area contributed by atoms with Crippen molar-refractivity contribution in [2.75, 3.05) is 7.11 Å². The number of hydrogen-bond acceptors (Lipinski definition) is 4. The number of alkyl halides is 3. The monoisotopic (exact) mass is 277 g/mol. The fourth-order valence-corrected chi connectivity index (χ4v) is 1.40. The average Bonchev–Trinajstić information content (AvgIpc) is 2.34. The summed E-state index contributed by atoms with van der Waals surface area (Å²) in [5, 5.41) is 2.75. The Balaban J connectivity index is 2.70. The smallest absolute Gasteiger partial charge is 0.468 e. The van der Waals surface area contributed by atoms with E-state index in [2.05, 4.69) is 14.8 Å². The molecule has 0 aliphatic heterocycles. The Kier molecular flexibility index (Phi) is 5.17. The molecule has 1 rings (SSSR count). The Morgan fingerprint density at radius 3 is 2.58 bits per heavy atom. The van der Waals surface area contributed by atoms with Crippen LogP contribution in [0.1, 0.15) is 12.5 Å². The highest BCUT2D eigenvalue weighted by Gasteiger charge is 2.32. The van der Waals surface area contributed by atoms with Crippen LogP contribution < -0.4 is 10.1 Å². The van der Waals surface area contributed by atoms with Crippen molar-refractivity contribution in [3.05, 3.63) is 29.8 Å². The maximum Gasteiger partial charge on any atom is 0.573 e. The first-order valence-corrected chi connectivity index (χ1v) is 5.48. The van der Waals surface area contributed by atoms with Crippen molar-refractivity contribution in [2.45, 2.75) is 25.9 Å². The number of para-hydroxylation sites is 1. The number of methoxy groups -OCH3 is 1. The van der Waals surface area contributed by atoms with Crippen molar-refractivity contribution in [2.24, 2.45) is 0 Å². The summed E-state index contributed by atoms with van der Waals surface area (Å²) in [6.45, 7) is 1.61. The number of nitrogens with one attached hydrogen (secondary N) is 1. The van der Waals surface area contributed by atoms with Gasteiger partial charge in [-0.05, 0) is 13.0 Å². The van der Waals surface area contributed by atoms with Gasteiger partial charge in [-0.2, -0.15) is 0 Å². The van der Waals surface area contributed by atoms with Gasteiger partial charge < -0.3 is 14.8 Å². The highest BCUT2D eigenvalue weighted by atomic mass is 19.4. The van der Waals surface area contributed by atoms with Crippen molar-refractivity contribution < 1.29 is 27.4 Å². The molecule has 0 aromatic heterocycles. The molecule has 1 N–H and O–H groups in total. The zero-order chi connectivity index (χ0) is 14.5. The summed E-state index contributed by atoms with van der Waals surface area (Å²) in [6.07, 6.45) is -4.75. The molecule has 0 spiro atoms. The summed E-state index contributed by atoms with van der Waals surface area (Å²) < 4.78 is 45.0. The first kappa shape index (κ1) is 15.3. The van der Waals surface area contributed by atoms with Gasteiger partial charge in [-0.3, -0.25) is 4.79 Å². The molecule has 1 aromatic carbocycles. The lowest BCUT2D eigenvalue weighted by atomic mass is 10.2. The SMILES string of the molecule is COC(=O)[C@H](C)NCc1ccccc1OC(F)(F)F. The number of halogens is 3. The Morgan fingerprint density at radius 2 is 2.00 bits per heavy atom. The molecule has 0 fully saturated rings. The van der Waals surface area contributed by atoms with Gasteiger partial charge in [-0.25, -0.2) is 0 Å². The van der Waals surface area contributed by atoms with E-state index in [1.54, 1.807) is 13.0 Å². The summed E-state index contributed by atoms with van der Waals surface area (Å²) >= 11 is 0. The van der Waals surface area contributed by atoms with Gasteiger partial charge >= 0.3 is 12.3 Å². The van der Waals surface area contributed by atoms with Crippen molar-refractivity contribution in [1.82, 2.24) is 5.32 Å². The van der Waals surface area contributed by atoms with Crippen LogP contribution in [0.15, 0.2) is 24.3 Å². The van der Waals surface area contributed by atoms with Crippen LogP contribution in [0.4, 0.5) is 13.2 Å². The number of benzene rings is 1. The second kappa shape index (κ2) is 6.42. The van der Waals surface area contributed by atoms with Crippen molar-refractivity contribution >= 4 is 5.97 Å². The first-order chi connectivity index (χ1) is 8.83. The van der Waals surface area contributed by atoms with E-state index in [-0.39, 0.29) is 12.3 Å². The van der Waals surface area contributed by atoms with Gasteiger partial charge in [-0.1, -0.05) is 18.2 Å². The third kappa shape index (κ3) is 5.17. The average molecular weight is 277 g/mol. The standard InChI is InChI=1S/C12H14F3NO3/c1-8(11(17)18-2)16-7-9-5-3-4-6-10(9)19-12(13,14)15/h3-6,8,16H,7H2,1-2H3/t8-/m0/s1. The van der Waals surface area contributed by atoms with Crippen LogP contribution in [-0.4, -0.2) is 25.5 Å². The molecule has 0 aliphatic rings. The Morgan fingerprint density at radius 1 is 1.37 bits per heavy atom. The number of carbonyl (C=O) groups is 1. The normalized spacial score (nSPS) is 12.9. The molecule has 0 unspecified atom stereocenters. The fourth-order valence-electron chi connectivity index (χ4n) is 1.40. The Hall–Kier alpha value is -1.76. The minimum atomic E-state index is -4.75. The van der Waals surface area contributed by atoms with E-state index >= 15 is 0 Å². The lowest BCUT2D eigenvalue weighted by molar-refractivity contribution is -0.274. The second-order valence-electron chi connectivity index (χ2n) is 3.78. The van der Waals surface area contributed by atoms with Crippen LogP contribution >= 0.6 is 0 Å². The van der Waals surface area contributed by atoms with Crippen LogP contribution in [0, 0.1) is 0 Å². The van der Waals surface area contributed by atoms with E-state index in [1.807, 2.05) is 0 Å². The first-order valence-electron chi connectivity index (χ1n) is 5.48. The van der Waals surface area contributed by atoms with Crippen LogP contribution in [0.3, 0.4) is 0 Å². The molecule has 106 valence electrons. The maximum absolute atomic E-state index is 12.2. The van der Waals surface area contributed by atoms with E-state index in [4.69, 9.17) is 0 Å². The fraction of sp³-hybridized carbons (Fsp3) is 0.417. The molecule has 7 heteroatoms. The summed E-state index contributed by atoms with van der Waals surface area (Å²) in [5.74, 6) is -0.784. The topological polar surface area (TPSA) is 47.6 Å². The molecule has 1 aromatic rings. The van der Waals surface area contributed by atoms with E-state index < -0.39 is 18.4 Å². The number of ether oxygens (including phenoxy) is 2. The Labute approximate surface area is 108 Å². The summed E-state index contributed by atoms with van der Waals surface area (Å²) in [7, 11) is 1.24. The van der Waals surface area contributed by atoms with Crippen molar-refractivity contribution in [3.8, 4) is 5.75 Å². The number of esters is 1. The molecular weight excluding hydrogens is 263 g/mol. The molecule has 4 nitrogen and oxygen atoms in total. The predicted octanol–water partition coefficient (Wildman–Crippen LogP) is 2.24. The minimum absolute atomic E-state index is 0.0581. The number of carbonyl (C=O) groups excluding carboxylic acids is 1. The lowest BCUT2D eigenvalue weighted by Crippen LogP contribution is -2.34. The zero-order valence-electron chi connectivity index (χ0n) is 10.5. The van der Waals surface area contributed by atoms with Gasteiger partial charge in [-0.15, -0.1) is 13.2 Å². The molecule has 0 radical (unpaired) electrons. The van der Waals surface area contributed by atoms with Crippen LogP contribution in [0.2, 0.25) is 0 Å². The Bertz CT molecular complexity index is 434. The molecule has 1 atom stereocenters. The van der Waals surface area contributed by atoms with Gasteiger partial charge in [0, 0.05) is 12.1 Å². The van der Waals surface area contributed by atoms with Crippen molar-refractivity contribution in [3.63, 3.8) is 0 Å². The van der Waals surface area contributed by atoms with Gasteiger partial charge in [0.2, 0.25) is 0 Å². The van der Waals surface area contributed by atoms with E-state index in [0.717, 1.165) is 0 Å². The second-order valence-corrected chi connectivity index (χ2v) is 3.78. The summed E-state index contributed by atoms with van der Waals surface area (Å²) in [4.78, 5) is 11.2. The van der Waals surface area contributed by atoms with Crippen LogP contribution in [0.5, 0.6) is 5.75 Å². The number of hydrogen-bond donors (Lipinski definition) is 1. The van der Waals surface area contributed by atoms with Gasteiger partial charge in [0.15, 0.2) is 0 Å². The van der Waals surface area contributed by atoms with Crippen LogP contribution in [-0.2, 0) is 16.1 Å². The molecule has 19 heavy (non-hydrogen) atoms. The van der Waals surface area contributed by atoms with Gasteiger partial charge in [0.25, 0.3) is 0 Å². The largest absolute Gasteiger partial charge is 0.573 e. The highest BCUT2D eigenvalue weighted by Crippen LogP contribution is 2.26. The molecular formula is C12H14F3NO3. The third-order valence-corrected chi connectivity index (χ3v) is 2.35. The van der Waals surface area contributed by atoms with E-state index in [1.165, 1.54) is 25.3 Å². The highest BCUT2D eigenvalue weighted by molar-refractivity contribution is 5.75. The summed E-state index contributed by atoms with van der Waals surface area (Å²) in [6, 6.07) is 5.10. The maximum atomic E-state index is 12.2. The molecule has 0 amide bonds. The van der Waals surface area contributed by atoms with E-state index in [9.17, 15) is 18.0 Å². The van der Waals surface area contributed by atoms with Gasteiger partial charge in [0.05, 0.1) is 7.11 Å². The predicted molar refractivity (Wildman–Crippen MR) is 61.4 cm³/mol. The number of rotatable bonds is 5.